The van der Waals surface area contributed by atoms with E-state index in [-0.39, 0.29) is 23.0 Å². The summed E-state index contributed by atoms with van der Waals surface area (Å²) < 4.78 is 24.5. The number of benzene rings is 3. The van der Waals surface area contributed by atoms with Gasteiger partial charge < -0.3 is 24.5 Å². The number of imidazole rings is 1. The number of hydrogen-bond acceptors (Lipinski definition) is 4. The number of likely N-dealkylation sites (tertiary alicyclic amines) is 1. The van der Waals surface area contributed by atoms with Crippen LogP contribution in [0.5, 0.6) is 5.75 Å². The Bertz CT molecular complexity index is 1940. The van der Waals surface area contributed by atoms with Crippen LogP contribution in [0, 0.1) is 17.7 Å². The van der Waals surface area contributed by atoms with Gasteiger partial charge in [0.15, 0.2) is 5.82 Å². The van der Waals surface area contributed by atoms with Gasteiger partial charge in [-0.3, -0.25) is 4.79 Å². The molecular formula is C34H33ClFN5O2. The van der Waals surface area contributed by atoms with Crippen molar-refractivity contribution in [2.24, 2.45) is 24.6 Å². The van der Waals surface area contributed by atoms with Gasteiger partial charge in [-0.25, -0.2) is 9.37 Å². The lowest BCUT2D eigenvalue weighted by Crippen LogP contribution is -2.41. The molecule has 43 heavy (non-hydrogen) atoms. The molecule has 1 amide bonds. The van der Waals surface area contributed by atoms with Crippen LogP contribution in [0.1, 0.15) is 36.0 Å². The number of nitrogens with zero attached hydrogens (tertiary/aromatic N) is 4. The largest absolute Gasteiger partial charge is 0.494 e. The Morgan fingerprint density at radius 3 is 2.56 bits per heavy atom. The third-order valence-electron chi connectivity index (χ3n) is 9.84. The van der Waals surface area contributed by atoms with Crippen molar-refractivity contribution in [3.05, 3.63) is 71.0 Å². The summed E-state index contributed by atoms with van der Waals surface area (Å²) in [6.45, 7) is 1.59. The fraction of sp³-hybridized carbons (Fsp3) is 0.353. The zero-order chi connectivity index (χ0) is 29.6. The molecule has 1 aliphatic heterocycles. The van der Waals surface area contributed by atoms with Gasteiger partial charge in [0.05, 0.1) is 23.3 Å². The molecule has 220 valence electrons. The molecule has 3 aromatic carbocycles. The lowest BCUT2D eigenvalue weighted by atomic mass is 10.0. The first-order valence-corrected chi connectivity index (χ1v) is 15.4. The SMILES string of the molecule is COc1cc(C(=O)N2CC3CCC2C3N)cc2nc(-c3cc4ccc(-c5ccc(Cl)c(F)c5)cc4n3CC3CC3)n(C)c12. The maximum atomic E-state index is 14.3. The van der Waals surface area contributed by atoms with Crippen LogP contribution in [0.25, 0.3) is 44.6 Å². The van der Waals surface area contributed by atoms with Crippen molar-refractivity contribution in [3.8, 4) is 28.4 Å². The summed E-state index contributed by atoms with van der Waals surface area (Å²) in [5.41, 5.74) is 12.3. The number of amides is 1. The number of aryl methyl sites for hydroxylation is 1. The van der Waals surface area contributed by atoms with Gasteiger partial charge >= 0.3 is 0 Å². The zero-order valence-corrected chi connectivity index (χ0v) is 24.9. The number of aromatic nitrogens is 3. The molecule has 3 aliphatic rings. The van der Waals surface area contributed by atoms with E-state index in [1.165, 1.54) is 18.9 Å². The minimum absolute atomic E-state index is 0.0101. The quantitative estimate of drug-likeness (QED) is 0.238. The number of fused-ring (bicyclic) bond motifs is 4. The normalized spacial score (nSPS) is 21.4. The molecule has 2 bridgehead atoms. The highest BCUT2D eigenvalue weighted by atomic mass is 35.5. The van der Waals surface area contributed by atoms with Crippen LogP contribution in [-0.4, -0.2) is 50.7 Å². The topological polar surface area (TPSA) is 78.3 Å². The Morgan fingerprint density at radius 1 is 1.07 bits per heavy atom. The van der Waals surface area contributed by atoms with Crippen LogP contribution in [0.2, 0.25) is 5.02 Å². The fourth-order valence-corrected chi connectivity index (χ4v) is 7.43. The maximum absolute atomic E-state index is 14.3. The van der Waals surface area contributed by atoms with Gasteiger partial charge in [0.2, 0.25) is 0 Å². The van der Waals surface area contributed by atoms with Crippen molar-refractivity contribution in [2.75, 3.05) is 13.7 Å². The molecule has 2 aromatic heterocycles. The molecular weight excluding hydrogens is 565 g/mol. The van der Waals surface area contributed by atoms with Crippen LogP contribution in [0.15, 0.2) is 54.6 Å². The number of carbonyl (C=O) groups is 1. The first kappa shape index (κ1) is 26.7. The molecule has 2 saturated carbocycles. The number of piperidine rings is 1. The highest BCUT2D eigenvalue weighted by molar-refractivity contribution is 6.30. The lowest BCUT2D eigenvalue weighted by Gasteiger charge is -2.27. The number of rotatable bonds is 6. The van der Waals surface area contributed by atoms with Crippen molar-refractivity contribution >= 4 is 39.4 Å². The van der Waals surface area contributed by atoms with E-state index in [9.17, 15) is 9.18 Å². The summed E-state index contributed by atoms with van der Waals surface area (Å²) in [6.07, 6.45) is 4.45. The number of halogens is 2. The number of ether oxygens (including phenoxy) is 1. The summed E-state index contributed by atoms with van der Waals surface area (Å²) in [7, 11) is 3.63. The standard InChI is InChI=1S/C34H33ClFN5O2/c1-39-32-26(12-23(15-30(32)43-2)34(42)41-17-22-8-10-27(41)31(22)37)38-33(39)29-14-21-6-5-20(19-7-9-24(35)25(36)11-19)13-28(21)40(29)16-18-3-4-18/h5-7,9,11-15,18,22,27,31H,3-4,8,10,16-17,37H2,1-2H3. The van der Waals surface area contributed by atoms with Crippen molar-refractivity contribution in [3.63, 3.8) is 0 Å². The second kappa shape index (κ2) is 9.82. The van der Waals surface area contributed by atoms with E-state index < -0.39 is 5.82 Å². The van der Waals surface area contributed by atoms with E-state index in [1.807, 2.05) is 36.2 Å². The van der Waals surface area contributed by atoms with Gasteiger partial charge in [0.25, 0.3) is 5.91 Å². The van der Waals surface area contributed by atoms with E-state index >= 15 is 0 Å². The van der Waals surface area contributed by atoms with Crippen molar-refractivity contribution < 1.29 is 13.9 Å². The monoisotopic (exact) mass is 597 g/mol. The molecule has 1 saturated heterocycles. The van der Waals surface area contributed by atoms with Gasteiger partial charge in [-0.05, 0) is 85.0 Å². The minimum Gasteiger partial charge on any atom is -0.494 e. The highest BCUT2D eigenvalue weighted by Gasteiger charge is 2.47. The maximum Gasteiger partial charge on any atom is 0.254 e. The van der Waals surface area contributed by atoms with Gasteiger partial charge in [-0.15, -0.1) is 0 Å². The Labute approximate surface area is 254 Å². The molecule has 3 atom stereocenters. The van der Waals surface area contributed by atoms with Gasteiger partial charge in [0, 0.05) is 48.7 Å². The Balaban J connectivity index is 1.24. The molecule has 9 heteroatoms. The molecule has 0 radical (unpaired) electrons. The number of nitrogens with two attached hydrogens (primary N) is 1. The van der Waals surface area contributed by atoms with Crippen LogP contribution in [-0.2, 0) is 13.6 Å². The molecule has 7 nitrogen and oxygen atoms in total. The third-order valence-corrected chi connectivity index (χ3v) is 10.1. The van der Waals surface area contributed by atoms with E-state index in [4.69, 9.17) is 27.1 Å². The molecule has 2 N–H and O–H groups in total. The molecule has 3 heterocycles. The van der Waals surface area contributed by atoms with E-state index in [1.54, 1.807) is 13.2 Å². The highest BCUT2D eigenvalue weighted by Crippen LogP contribution is 2.41. The molecule has 3 fully saturated rings. The Hall–Kier alpha value is -3.88. The molecule has 5 aromatic rings. The van der Waals surface area contributed by atoms with Crippen LogP contribution in [0.3, 0.4) is 0 Å². The van der Waals surface area contributed by atoms with E-state index in [0.29, 0.717) is 29.7 Å². The second-order valence-corrected chi connectivity index (χ2v) is 12.9. The predicted molar refractivity (Wildman–Crippen MR) is 167 cm³/mol. The molecule has 8 rings (SSSR count). The predicted octanol–water partition coefficient (Wildman–Crippen LogP) is 6.63. The minimum atomic E-state index is -0.431. The first-order chi connectivity index (χ1) is 20.8. The van der Waals surface area contributed by atoms with Crippen molar-refractivity contribution in [1.29, 1.82) is 0 Å². The summed E-state index contributed by atoms with van der Waals surface area (Å²) in [5, 5.41) is 1.20. The Kier molecular flexibility index (Phi) is 6.11. The van der Waals surface area contributed by atoms with Crippen LogP contribution in [0.4, 0.5) is 4.39 Å². The summed E-state index contributed by atoms with van der Waals surface area (Å²) in [5.74, 6) is 1.97. The molecule has 3 unspecified atom stereocenters. The van der Waals surface area contributed by atoms with Crippen LogP contribution >= 0.6 is 11.6 Å². The third kappa shape index (κ3) is 4.25. The van der Waals surface area contributed by atoms with Crippen LogP contribution < -0.4 is 10.5 Å². The summed E-state index contributed by atoms with van der Waals surface area (Å²) in [6, 6.07) is 17.2. The van der Waals surface area contributed by atoms with Crippen molar-refractivity contribution in [1.82, 2.24) is 19.0 Å². The zero-order valence-electron chi connectivity index (χ0n) is 24.2. The number of hydrogen-bond donors (Lipinski definition) is 1. The number of methoxy groups -OCH3 is 1. The average molecular weight is 598 g/mol. The Morgan fingerprint density at radius 2 is 1.86 bits per heavy atom. The number of carbonyl (C=O) groups excluding carboxylic acids is 1. The van der Waals surface area contributed by atoms with E-state index in [2.05, 4.69) is 27.3 Å². The first-order valence-electron chi connectivity index (χ1n) is 15.0. The van der Waals surface area contributed by atoms with E-state index in [0.717, 1.165) is 64.0 Å². The van der Waals surface area contributed by atoms with Gasteiger partial charge in [-0.2, -0.15) is 0 Å². The van der Waals surface area contributed by atoms with Gasteiger partial charge in [0.1, 0.15) is 17.1 Å². The fourth-order valence-electron chi connectivity index (χ4n) is 7.32. The van der Waals surface area contributed by atoms with Gasteiger partial charge in [-0.1, -0.05) is 29.8 Å². The second-order valence-electron chi connectivity index (χ2n) is 12.5. The molecule has 0 spiro atoms. The smallest absolute Gasteiger partial charge is 0.254 e. The summed E-state index contributed by atoms with van der Waals surface area (Å²) >= 11 is 5.95. The summed E-state index contributed by atoms with van der Waals surface area (Å²) in [4.78, 5) is 20.7. The lowest BCUT2D eigenvalue weighted by molar-refractivity contribution is 0.0700. The molecule has 2 aliphatic carbocycles. The van der Waals surface area contributed by atoms with Crippen molar-refractivity contribution in [2.45, 2.75) is 44.3 Å². The average Bonchev–Trinajstić information content (AvgIpc) is 3.42.